The van der Waals surface area contributed by atoms with Crippen molar-refractivity contribution in [3.05, 3.63) is 28.8 Å². The van der Waals surface area contributed by atoms with E-state index < -0.39 is 0 Å². The van der Waals surface area contributed by atoms with Crippen molar-refractivity contribution in [1.82, 2.24) is 4.90 Å². The SMILES string of the molecule is CCCNc1ccc(Cl)cc1C(=O)N1CCCCCCC1. The molecule has 0 spiro atoms. The van der Waals surface area contributed by atoms with E-state index in [2.05, 4.69) is 12.2 Å². The summed E-state index contributed by atoms with van der Waals surface area (Å²) in [6.45, 7) is 4.70. The van der Waals surface area contributed by atoms with Crippen molar-refractivity contribution >= 4 is 23.2 Å². The Morgan fingerprint density at radius 1 is 1.19 bits per heavy atom. The predicted molar refractivity (Wildman–Crippen MR) is 89.2 cm³/mol. The Hall–Kier alpha value is -1.22. The zero-order valence-corrected chi connectivity index (χ0v) is 13.6. The number of hydrogen-bond donors (Lipinski definition) is 1. The first kappa shape index (κ1) is 16.2. The van der Waals surface area contributed by atoms with Crippen molar-refractivity contribution in [2.45, 2.75) is 45.4 Å². The van der Waals surface area contributed by atoms with E-state index in [0.717, 1.165) is 44.6 Å². The van der Waals surface area contributed by atoms with Gasteiger partial charge < -0.3 is 10.2 Å². The second kappa shape index (κ2) is 8.28. The minimum absolute atomic E-state index is 0.109. The second-order valence-corrected chi connectivity index (χ2v) is 6.11. The number of hydrogen-bond acceptors (Lipinski definition) is 2. The van der Waals surface area contributed by atoms with Gasteiger partial charge in [-0.2, -0.15) is 0 Å². The Bertz CT molecular complexity index is 468. The molecule has 1 amide bonds. The average molecular weight is 309 g/mol. The third kappa shape index (κ3) is 4.63. The Balaban J connectivity index is 2.17. The number of anilines is 1. The molecule has 0 unspecified atom stereocenters. The maximum absolute atomic E-state index is 12.8. The Morgan fingerprint density at radius 3 is 2.52 bits per heavy atom. The lowest BCUT2D eigenvalue weighted by atomic mass is 10.1. The van der Waals surface area contributed by atoms with Crippen LogP contribution in [-0.2, 0) is 0 Å². The third-order valence-corrected chi connectivity index (χ3v) is 4.16. The molecule has 1 heterocycles. The van der Waals surface area contributed by atoms with Crippen molar-refractivity contribution in [3.63, 3.8) is 0 Å². The molecule has 1 aromatic carbocycles. The van der Waals surface area contributed by atoms with Gasteiger partial charge in [-0.05, 0) is 37.5 Å². The summed E-state index contributed by atoms with van der Waals surface area (Å²) in [5.41, 5.74) is 1.60. The number of benzene rings is 1. The van der Waals surface area contributed by atoms with Gasteiger partial charge in [-0.3, -0.25) is 4.79 Å². The first-order chi connectivity index (χ1) is 10.2. The molecule has 21 heavy (non-hydrogen) atoms. The van der Waals surface area contributed by atoms with E-state index in [1.165, 1.54) is 19.3 Å². The summed E-state index contributed by atoms with van der Waals surface area (Å²) < 4.78 is 0. The summed E-state index contributed by atoms with van der Waals surface area (Å²) >= 11 is 6.09. The fraction of sp³-hybridized carbons (Fsp3) is 0.588. The topological polar surface area (TPSA) is 32.3 Å². The molecule has 0 saturated carbocycles. The smallest absolute Gasteiger partial charge is 0.256 e. The third-order valence-electron chi connectivity index (χ3n) is 3.92. The van der Waals surface area contributed by atoms with Gasteiger partial charge in [0, 0.05) is 30.3 Å². The summed E-state index contributed by atoms with van der Waals surface area (Å²) in [4.78, 5) is 14.8. The number of likely N-dealkylation sites (tertiary alicyclic amines) is 1. The van der Waals surface area contributed by atoms with Crippen LogP contribution in [0.3, 0.4) is 0 Å². The Morgan fingerprint density at radius 2 is 1.86 bits per heavy atom. The number of carbonyl (C=O) groups is 1. The number of amides is 1. The summed E-state index contributed by atoms with van der Waals surface area (Å²) in [6.07, 6.45) is 6.97. The van der Waals surface area contributed by atoms with Crippen LogP contribution in [0.1, 0.15) is 55.8 Å². The monoisotopic (exact) mass is 308 g/mol. The van der Waals surface area contributed by atoms with Crippen LogP contribution in [0.2, 0.25) is 5.02 Å². The van der Waals surface area contributed by atoms with Crippen LogP contribution in [0.4, 0.5) is 5.69 Å². The molecule has 1 aliphatic heterocycles. The zero-order chi connectivity index (χ0) is 15.1. The molecule has 4 heteroatoms. The number of halogens is 1. The number of nitrogens with one attached hydrogen (secondary N) is 1. The van der Waals surface area contributed by atoms with Gasteiger partial charge in [0.05, 0.1) is 5.56 Å². The number of carbonyl (C=O) groups excluding carboxylic acids is 1. The summed E-state index contributed by atoms with van der Waals surface area (Å²) in [5, 5.41) is 3.95. The molecule has 0 bridgehead atoms. The van der Waals surface area contributed by atoms with Gasteiger partial charge in [-0.1, -0.05) is 37.8 Å². The van der Waals surface area contributed by atoms with Gasteiger partial charge >= 0.3 is 0 Å². The van der Waals surface area contributed by atoms with E-state index in [1.807, 2.05) is 17.0 Å². The highest BCUT2D eigenvalue weighted by molar-refractivity contribution is 6.31. The van der Waals surface area contributed by atoms with E-state index in [9.17, 15) is 4.79 Å². The average Bonchev–Trinajstić information content (AvgIpc) is 2.45. The largest absolute Gasteiger partial charge is 0.384 e. The highest BCUT2D eigenvalue weighted by Crippen LogP contribution is 2.23. The number of nitrogens with zero attached hydrogens (tertiary/aromatic N) is 1. The van der Waals surface area contributed by atoms with Gasteiger partial charge in [-0.15, -0.1) is 0 Å². The van der Waals surface area contributed by atoms with Crippen molar-refractivity contribution in [3.8, 4) is 0 Å². The molecule has 2 rings (SSSR count). The highest BCUT2D eigenvalue weighted by atomic mass is 35.5. The maximum atomic E-state index is 12.8. The van der Waals surface area contributed by atoms with Crippen molar-refractivity contribution in [2.75, 3.05) is 25.0 Å². The lowest BCUT2D eigenvalue weighted by Crippen LogP contribution is -2.34. The van der Waals surface area contributed by atoms with Crippen LogP contribution in [0.5, 0.6) is 0 Å². The van der Waals surface area contributed by atoms with Crippen LogP contribution < -0.4 is 5.32 Å². The van der Waals surface area contributed by atoms with Gasteiger partial charge in [-0.25, -0.2) is 0 Å². The Labute approximate surface area is 132 Å². The van der Waals surface area contributed by atoms with E-state index in [-0.39, 0.29) is 5.91 Å². The van der Waals surface area contributed by atoms with Crippen LogP contribution in [0.25, 0.3) is 0 Å². The zero-order valence-electron chi connectivity index (χ0n) is 12.8. The van der Waals surface area contributed by atoms with Crippen LogP contribution in [0.15, 0.2) is 18.2 Å². The minimum Gasteiger partial charge on any atom is -0.384 e. The van der Waals surface area contributed by atoms with E-state index in [0.29, 0.717) is 10.6 Å². The standard InChI is InChI=1S/C17H25ClN2O/c1-2-10-19-16-9-8-14(18)13-15(16)17(21)20-11-6-4-3-5-7-12-20/h8-9,13,19H,2-7,10-12H2,1H3. The second-order valence-electron chi connectivity index (χ2n) is 5.68. The van der Waals surface area contributed by atoms with E-state index in [4.69, 9.17) is 11.6 Å². The summed E-state index contributed by atoms with van der Waals surface area (Å²) in [5.74, 6) is 0.109. The van der Waals surface area contributed by atoms with Crippen LogP contribution in [-0.4, -0.2) is 30.4 Å². The molecule has 116 valence electrons. The summed E-state index contributed by atoms with van der Waals surface area (Å²) in [6, 6.07) is 5.54. The van der Waals surface area contributed by atoms with Crippen molar-refractivity contribution in [2.24, 2.45) is 0 Å². The summed E-state index contributed by atoms with van der Waals surface area (Å²) in [7, 11) is 0. The minimum atomic E-state index is 0.109. The van der Waals surface area contributed by atoms with E-state index in [1.54, 1.807) is 6.07 Å². The molecular formula is C17H25ClN2O. The maximum Gasteiger partial charge on any atom is 0.256 e. The van der Waals surface area contributed by atoms with Crippen molar-refractivity contribution < 1.29 is 4.79 Å². The lowest BCUT2D eigenvalue weighted by molar-refractivity contribution is 0.0743. The molecule has 1 aliphatic rings. The highest BCUT2D eigenvalue weighted by Gasteiger charge is 2.19. The molecule has 1 N–H and O–H groups in total. The van der Waals surface area contributed by atoms with Crippen LogP contribution in [0, 0.1) is 0 Å². The lowest BCUT2D eigenvalue weighted by Gasteiger charge is -2.26. The number of rotatable bonds is 4. The molecule has 1 aromatic rings. The molecule has 0 radical (unpaired) electrons. The van der Waals surface area contributed by atoms with Gasteiger partial charge in [0.1, 0.15) is 0 Å². The molecule has 0 aliphatic carbocycles. The fourth-order valence-electron chi connectivity index (χ4n) is 2.73. The first-order valence-corrected chi connectivity index (χ1v) is 8.43. The van der Waals surface area contributed by atoms with E-state index >= 15 is 0 Å². The normalized spacial score (nSPS) is 16.2. The van der Waals surface area contributed by atoms with Crippen LogP contribution >= 0.6 is 11.6 Å². The molecular weight excluding hydrogens is 284 g/mol. The molecule has 1 saturated heterocycles. The fourth-order valence-corrected chi connectivity index (χ4v) is 2.90. The quantitative estimate of drug-likeness (QED) is 0.883. The Kier molecular flexibility index (Phi) is 6.37. The van der Waals surface area contributed by atoms with Gasteiger partial charge in [0.25, 0.3) is 5.91 Å². The molecule has 0 atom stereocenters. The molecule has 3 nitrogen and oxygen atoms in total. The molecule has 0 aromatic heterocycles. The predicted octanol–water partition coefficient (Wildman–Crippen LogP) is 4.57. The van der Waals surface area contributed by atoms with Crippen molar-refractivity contribution in [1.29, 1.82) is 0 Å². The van der Waals surface area contributed by atoms with Gasteiger partial charge in [0.15, 0.2) is 0 Å². The molecule has 1 fully saturated rings. The van der Waals surface area contributed by atoms with Gasteiger partial charge in [0.2, 0.25) is 0 Å². The first-order valence-electron chi connectivity index (χ1n) is 8.05.